The Morgan fingerprint density at radius 1 is 1.23 bits per heavy atom. The SMILES string of the molecule is O=C(O)c1cnc(OCc2conc2-c2ccccn2)cn1. The summed E-state index contributed by atoms with van der Waals surface area (Å²) in [4.78, 5) is 22.5. The summed E-state index contributed by atoms with van der Waals surface area (Å²) in [5.41, 5.74) is 1.80. The number of carboxylic acids is 1. The fraction of sp³-hybridized carbons (Fsp3) is 0.0714. The molecule has 8 heteroatoms. The highest BCUT2D eigenvalue weighted by Gasteiger charge is 2.12. The normalized spacial score (nSPS) is 10.4. The molecule has 22 heavy (non-hydrogen) atoms. The molecule has 0 saturated carbocycles. The van der Waals surface area contributed by atoms with Gasteiger partial charge in [0.15, 0.2) is 5.69 Å². The Balaban J connectivity index is 1.72. The molecule has 0 radical (unpaired) electrons. The topological polar surface area (TPSA) is 111 Å². The van der Waals surface area contributed by atoms with Crippen molar-refractivity contribution in [3.63, 3.8) is 0 Å². The minimum absolute atomic E-state index is 0.147. The van der Waals surface area contributed by atoms with Gasteiger partial charge < -0.3 is 14.4 Å². The lowest BCUT2D eigenvalue weighted by molar-refractivity contribution is 0.0689. The second-order valence-electron chi connectivity index (χ2n) is 4.24. The van der Waals surface area contributed by atoms with Gasteiger partial charge in [-0.3, -0.25) is 4.98 Å². The summed E-state index contributed by atoms with van der Waals surface area (Å²) in [5.74, 6) is -0.936. The van der Waals surface area contributed by atoms with Gasteiger partial charge in [0.05, 0.1) is 23.7 Å². The molecule has 0 aliphatic rings. The molecule has 0 fully saturated rings. The molecule has 0 atom stereocenters. The number of rotatable bonds is 5. The molecule has 3 aromatic heterocycles. The lowest BCUT2D eigenvalue weighted by Crippen LogP contribution is -2.03. The summed E-state index contributed by atoms with van der Waals surface area (Å²) >= 11 is 0. The van der Waals surface area contributed by atoms with E-state index < -0.39 is 5.97 Å². The van der Waals surface area contributed by atoms with Gasteiger partial charge in [-0.05, 0) is 12.1 Å². The molecule has 110 valence electrons. The van der Waals surface area contributed by atoms with E-state index in [4.69, 9.17) is 14.4 Å². The second kappa shape index (κ2) is 6.00. The maximum Gasteiger partial charge on any atom is 0.356 e. The first-order chi connectivity index (χ1) is 10.7. The van der Waals surface area contributed by atoms with Gasteiger partial charge in [0.1, 0.15) is 18.6 Å². The fourth-order valence-electron chi connectivity index (χ4n) is 1.73. The molecule has 8 nitrogen and oxygen atoms in total. The van der Waals surface area contributed by atoms with E-state index in [1.165, 1.54) is 12.5 Å². The Kier molecular flexibility index (Phi) is 3.73. The smallest absolute Gasteiger partial charge is 0.356 e. The van der Waals surface area contributed by atoms with Crippen LogP contribution >= 0.6 is 0 Å². The Hall–Kier alpha value is -3.29. The number of aromatic carboxylic acids is 1. The first-order valence-corrected chi connectivity index (χ1v) is 6.27. The minimum atomic E-state index is -1.14. The van der Waals surface area contributed by atoms with E-state index in [9.17, 15) is 4.79 Å². The molecule has 0 saturated heterocycles. The number of hydrogen-bond acceptors (Lipinski definition) is 7. The lowest BCUT2D eigenvalue weighted by Gasteiger charge is -2.04. The third-order valence-corrected chi connectivity index (χ3v) is 2.77. The van der Waals surface area contributed by atoms with Crippen molar-refractivity contribution in [2.75, 3.05) is 0 Å². The number of ether oxygens (including phenoxy) is 1. The lowest BCUT2D eigenvalue weighted by atomic mass is 10.2. The van der Waals surface area contributed by atoms with Gasteiger partial charge in [-0.1, -0.05) is 11.2 Å². The van der Waals surface area contributed by atoms with Crippen LogP contribution in [0.1, 0.15) is 16.1 Å². The Morgan fingerprint density at radius 3 is 2.82 bits per heavy atom. The molecule has 3 heterocycles. The van der Waals surface area contributed by atoms with Crippen LogP contribution in [0.5, 0.6) is 5.88 Å². The van der Waals surface area contributed by atoms with Crippen molar-refractivity contribution in [2.45, 2.75) is 6.61 Å². The molecular formula is C14H10N4O4. The van der Waals surface area contributed by atoms with E-state index >= 15 is 0 Å². The number of carbonyl (C=O) groups is 1. The molecule has 3 rings (SSSR count). The van der Waals surface area contributed by atoms with E-state index in [0.29, 0.717) is 17.0 Å². The molecule has 0 spiro atoms. The van der Waals surface area contributed by atoms with E-state index in [1.807, 2.05) is 12.1 Å². The number of carboxylic acid groups (broad SMARTS) is 1. The molecule has 3 aromatic rings. The molecule has 0 unspecified atom stereocenters. The van der Waals surface area contributed by atoms with E-state index in [2.05, 4.69) is 20.1 Å². The van der Waals surface area contributed by atoms with Crippen molar-refractivity contribution in [3.8, 4) is 17.3 Å². The highest BCUT2D eigenvalue weighted by atomic mass is 16.5. The van der Waals surface area contributed by atoms with Crippen LogP contribution < -0.4 is 4.74 Å². The van der Waals surface area contributed by atoms with Crippen molar-refractivity contribution < 1.29 is 19.2 Å². The quantitative estimate of drug-likeness (QED) is 0.759. The molecule has 0 aliphatic heterocycles. The Morgan fingerprint density at radius 2 is 2.14 bits per heavy atom. The maximum atomic E-state index is 10.7. The van der Waals surface area contributed by atoms with Gasteiger partial charge in [0.25, 0.3) is 0 Å². The van der Waals surface area contributed by atoms with Crippen LogP contribution in [0.15, 0.2) is 47.6 Å². The third kappa shape index (κ3) is 2.90. The minimum Gasteiger partial charge on any atom is -0.476 e. The molecule has 0 aromatic carbocycles. The van der Waals surface area contributed by atoms with Crippen molar-refractivity contribution in [2.24, 2.45) is 0 Å². The summed E-state index contributed by atoms with van der Waals surface area (Å²) < 4.78 is 10.4. The predicted octanol–water partition coefficient (Wildman–Crippen LogP) is 1.80. The van der Waals surface area contributed by atoms with Crippen LogP contribution in [0.25, 0.3) is 11.4 Å². The van der Waals surface area contributed by atoms with Gasteiger partial charge in [-0.2, -0.15) is 0 Å². The van der Waals surface area contributed by atoms with E-state index in [1.54, 1.807) is 12.3 Å². The number of aromatic nitrogens is 4. The monoisotopic (exact) mass is 298 g/mol. The summed E-state index contributed by atoms with van der Waals surface area (Å²) in [7, 11) is 0. The maximum absolute atomic E-state index is 10.7. The van der Waals surface area contributed by atoms with E-state index in [-0.39, 0.29) is 18.2 Å². The van der Waals surface area contributed by atoms with E-state index in [0.717, 1.165) is 6.20 Å². The average Bonchev–Trinajstić information content (AvgIpc) is 3.02. The van der Waals surface area contributed by atoms with Crippen LogP contribution in [0, 0.1) is 0 Å². The van der Waals surface area contributed by atoms with Crippen LogP contribution in [0.2, 0.25) is 0 Å². The summed E-state index contributed by atoms with van der Waals surface area (Å²) in [6.45, 7) is 0.149. The largest absolute Gasteiger partial charge is 0.476 e. The molecule has 0 amide bonds. The Bertz CT molecular complexity index is 771. The highest BCUT2D eigenvalue weighted by molar-refractivity contribution is 5.84. The van der Waals surface area contributed by atoms with Crippen LogP contribution in [-0.4, -0.2) is 31.2 Å². The number of hydrogen-bond donors (Lipinski definition) is 1. The summed E-state index contributed by atoms with van der Waals surface area (Å²) in [6, 6.07) is 5.46. The van der Waals surface area contributed by atoms with Crippen molar-refractivity contribution >= 4 is 5.97 Å². The molecule has 0 aliphatic carbocycles. The molecular weight excluding hydrogens is 288 g/mol. The van der Waals surface area contributed by atoms with Gasteiger partial charge in [-0.15, -0.1) is 0 Å². The third-order valence-electron chi connectivity index (χ3n) is 2.77. The van der Waals surface area contributed by atoms with Crippen LogP contribution in [0.3, 0.4) is 0 Å². The van der Waals surface area contributed by atoms with Crippen LogP contribution in [0.4, 0.5) is 0 Å². The second-order valence-corrected chi connectivity index (χ2v) is 4.24. The van der Waals surface area contributed by atoms with Crippen molar-refractivity contribution in [3.05, 3.63) is 54.3 Å². The summed E-state index contributed by atoms with van der Waals surface area (Å²) in [5, 5.41) is 12.7. The Labute approximate surface area is 124 Å². The number of pyridine rings is 1. The zero-order chi connectivity index (χ0) is 15.4. The van der Waals surface area contributed by atoms with Gasteiger partial charge >= 0.3 is 5.97 Å². The van der Waals surface area contributed by atoms with Gasteiger partial charge in [0.2, 0.25) is 5.88 Å². The average molecular weight is 298 g/mol. The summed E-state index contributed by atoms with van der Waals surface area (Å²) in [6.07, 6.45) is 5.50. The van der Waals surface area contributed by atoms with Gasteiger partial charge in [0, 0.05) is 6.20 Å². The first-order valence-electron chi connectivity index (χ1n) is 6.27. The molecule has 0 bridgehead atoms. The number of nitrogens with zero attached hydrogens (tertiary/aromatic N) is 4. The zero-order valence-corrected chi connectivity index (χ0v) is 11.2. The standard InChI is InChI=1S/C14H10N4O4/c19-14(20)11-5-17-12(6-16-11)21-7-9-8-22-18-13(9)10-3-1-2-4-15-10/h1-6,8H,7H2,(H,19,20). The molecule has 1 N–H and O–H groups in total. The van der Waals surface area contributed by atoms with Crippen molar-refractivity contribution in [1.29, 1.82) is 0 Å². The predicted molar refractivity (Wildman–Crippen MR) is 73.1 cm³/mol. The van der Waals surface area contributed by atoms with Crippen molar-refractivity contribution in [1.82, 2.24) is 20.1 Å². The first kappa shape index (κ1) is 13.7. The zero-order valence-electron chi connectivity index (χ0n) is 11.2. The fourth-order valence-corrected chi connectivity index (χ4v) is 1.73. The van der Waals surface area contributed by atoms with Gasteiger partial charge in [-0.25, -0.2) is 14.8 Å². The highest BCUT2D eigenvalue weighted by Crippen LogP contribution is 2.20. The van der Waals surface area contributed by atoms with Crippen LogP contribution in [-0.2, 0) is 6.61 Å².